The highest BCUT2D eigenvalue weighted by Gasteiger charge is 2.23. The number of hydrogen-bond donors (Lipinski definition) is 3. The van der Waals surface area contributed by atoms with Crippen molar-refractivity contribution in [3.05, 3.63) is 57.6 Å². The summed E-state index contributed by atoms with van der Waals surface area (Å²) in [6, 6.07) is 9.96. The molecule has 1 aromatic carbocycles. The Labute approximate surface area is 199 Å². The molecule has 2 aromatic heterocycles. The maximum atomic E-state index is 12.5. The fraction of sp³-hybridized carbons (Fsp3) is 0.304. The van der Waals surface area contributed by atoms with Crippen molar-refractivity contribution in [1.82, 2.24) is 10.3 Å². The standard InChI is InChI=1S/C23H24ClN3O5S/c1-3-27(12-14-4-5-17-15(11-14)16(24)10-13(2)25-17)20-8-7-19(33-20)22(30)26-18(23(31)32)6-9-21(28)29/h4-5,7-8,10-11,18H,3,6,9,12H2,1-2H3,(H,26,30)(H,28,29)(H,31,32)/t18-/m0/s1. The zero-order valence-corrected chi connectivity index (χ0v) is 19.7. The number of nitrogens with zero attached hydrogens (tertiary/aromatic N) is 2. The van der Waals surface area contributed by atoms with E-state index < -0.39 is 23.9 Å². The number of halogens is 1. The Morgan fingerprint density at radius 1 is 1.18 bits per heavy atom. The van der Waals surface area contributed by atoms with Gasteiger partial charge in [-0.3, -0.25) is 14.6 Å². The van der Waals surface area contributed by atoms with Gasteiger partial charge in [0.15, 0.2) is 0 Å². The second kappa shape index (κ2) is 10.6. The van der Waals surface area contributed by atoms with Gasteiger partial charge in [0, 0.05) is 30.6 Å². The molecule has 10 heteroatoms. The summed E-state index contributed by atoms with van der Waals surface area (Å²) < 4.78 is 0. The van der Waals surface area contributed by atoms with Crippen LogP contribution in [0.1, 0.15) is 40.7 Å². The molecule has 0 aliphatic carbocycles. The Hall–Kier alpha value is -3.17. The smallest absolute Gasteiger partial charge is 0.326 e. The van der Waals surface area contributed by atoms with E-state index in [-0.39, 0.29) is 12.8 Å². The van der Waals surface area contributed by atoms with E-state index in [0.717, 1.165) is 27.2 Å². The molecule has 0 spiro atoms. The van der Waals surface area contributed by atoms with Crippen molar-refractivity contribution in [3.63, 3.8) is 0 Å². The molecule has 174 valence electrons. The van der Waals surface area contributed by atoms with Crippen LogP contribution in [0, 0.1) is 6.92 Å². The highest BCUT2D eigenvalue weighted by atomic mass is 35.5. The van der Waals surface area contributed by atoms with Crippen molar-refractivity contribution >= 4 is 56.7 Å². The number of anilines is 1. The normalized spacial score (nSPS) is 11.8. The lowest BCUT2D eigenvalue weighted by molar-refractivity contribution is -0.140. The number of aromatic nitrogens is 1. The number of carbonyl (C=O) groups is 3. The maximum Gasteiger partial charge on any atom is 0.326 e. The summed E-state index contributed by atoms with van der Waals surface area (Å²) in [5, 5.41) is 22.8. The number of aliphatic carboxylic acids is 2. The summed E-state index contributed by atoms with van der Waals surface area (Å²) in [6.07, 6.45) is -0.532. The van der Waals surface area contributed by atoms with Crippen LogP contribution in [0.5, 0.6) is 0 Å². The second-order valence-electron chi connectivity index (χ2n) is 7.55. The number of fused-ring (bicyclic) bond motifs is 1. The molecule has 8 nitrogen and oxygen atoms in total. The Morgan fingerprint density at radius 3 is 2.61 bits per heavy atom. The quantitative estimate of drug-likeness (QED) is 0.387. The summed E-state index contributed by atoms with van der Waals surface area (Å²) in [7, 11) is 0. The molecule has 0 radical (unpaired) electrons. The van der Waals surface area contributed by atoms with E-state index in [1.807, 2.05) is 44.2 Å². The number of hydrogen-bond acceptors (Lipinski definition) is 6. The zero-order chi connectivity index (χ0) is 24.1. The molecule has 0 saturated heterocycles. The Kier molecular flexibility index (Phi) is 7.88. The van der Waals surface area contributed by atoms with Crippen LogP contribution in [0.15, 0.2) is 36.4 Å². The van der Waals surface area contributed by atoms with Crippen molar-refractivity contribution in [2.24, 2.45) is 0 Å². The average Bonchev–Trinajstić information content (AvgIpc) is 3.25. The fourth-order valence-electron chi connectivity index (χ4n) is 3.39. The van der Waals surface area contributed by atoms with Gasteiger partial charge in [-0.25, -0.2) is 4.79 Å². The molecule has 0 unspecified atom stereocenters. The maximum absolute atomic E-state index is 12.5. The third-order valence-corrected chi connectivity index (χ3v) is 6.54. The number of rotatable bonds is 10. The van der Waals surface area contributed by atoms with Gasteiger partial charge in [-0.15, -0.1) is 11.3 Å². The summed E-state index contributed by atoms with van der Waals surface area (Å²) >= 11 is 7.64. The molecule has 3 N–H and O–H groups in total. The third-order valence-electron chi connectivity index (χ3n) is 5.08. The highest BCUT2D eigenvalue weighted by Crippen LogP contribution is 2.29. The summed E-state index contributed by atoms with van der Waals surface area (Å²) in [5.41, 5.74) is 2.72. The van der Waals surface area contributed by atoms with Gasteiger partial charge in [-0.2, -0.15) is 0 Å². The van der Waals surface area contributed by atoms with Crippen LogP contribution < -0.4 is 10.2 Å². The predicted octanol–water partition coefficient (Wildman–Crippen LogP) is 4.33. The minimum absolute atomic E-state index is 0.186. The van der Waals surface area contributed by atoms with E-state index in [9.17, 15) is 19.5 Å². The SMILES string of the molecule is CCN(Cc1ccc2nc(C)cc(Cl)c2c1)c1ccc(C(=O)N[C@@H](CCC(=O)O)C(=O)O)s1. The molecule has 33 heavy (non-hydrogen) atoms. The first kappa shape index (κ1) is 24.5. The van der Waals surface area contributed by atoms with Gasteiger partial charge in [0.1, 0.15) is 6.04 Å². The summed E-state index contributed by atoms with van der Waals surface area (Å²) in [4.78, 5) is 41.6. The van der Waals surface area contributed by atoms with Crippen molar-refractivity contribution in [3.8, 4) is 0 Å². The summed E-state index contributed by atoms with van der Waals surface area (Å²) in [6.45, 7) is 5.18. The van der Waals surface area contributed by atoms with E-state index in [0.29, 0.717) is 23.0 Å². The number of amides is 1. The third kappa shape index (κ3) is 6.21. The van der Waals surface area contributed by atoms with Crippen LogP contribution in [0.25, 0.3) is 10.9 Å². The van der Waals surface area contributed by atoms with Crippen LogP contribution in [0.3, 0.4) is 0 Å². The van der Waals surface area contributed by atoms with Crippen molar-refractivity contribution in [2.45, 2.75) is 39.3 Å². The first-order valence-corrected chi connectivity index (χ1v) is 11.5. The fourth-order valence-corrected chi connectivity index (χ4v) is 4.68. The number of carboxylic acids is 2. The molecule has 1 amide bonds. The molecule has 0 fully saturated rings. The minimum atomic E-state index is -1.27. The zero-order valence-electron chi connectivity index (χ0n) is 18.2. The highest BCUT2D eigenvalue weighted by molar-refractivity contribution is 7.18. The lowest BCUT2D eigenvalue weighted by Gasteiger charge is -2.21. The van der Waals surface area contributed by atoms with Crippen LogP contribution in [-0.2, 0) is 16.1 Å². The molecule has 0 bridgehead atoms. The van der Waals surface area contributed by atoms with Gasteiger partial charge in [0.05, 0.1) is 20.4 Å². The van der Waals surface area contributed by atoms with Crippen molar-refractivity contribution in [1.29, 1.82) is 0 Å². The van der Waals surface area contributed by atoms with E-state index in [4.69, 9.17) is 16.7 Å². The number of thiophene rings is 1. The monoisotopic (exact) mass is 489 g/mol. The topological polar surface area (TPSA) is 120 Å². The van der Waals surface area contributed by atoms with E-state index >= 15 is 0 Å². The lowest BCUT2D eigenvalue weighted by atomic mass is 10.1. The molecule has 0 saturated carbocycles. The van der Waals surface area contributed by atoms with Crippen molar-refractivity contribution < 1.29 is 24.6 Å². The molecule has 0 aliphatic heterocycles. The van der Waals surface area contributed by atoms with Gasteiger partial charge in [0.25, 0.3) is 5.91 Å². The first-order chi connectivity index (χ1) is 15.7. The number of nitrogens with one attached hydrogen (secondary N) is 1. The molecule has 2 heterocycles. The lowest BCUT2D eigenvalue weighted by Crippen LogP contribution is -2.40. The molecule has 1 atom stereocenters. The largest absolute Gasteiger partial charge is 0.481 e. The minimum Gasteiger partial charge on any atom is -0.481 e. The predicted molar refractivity (Wildman–Crippen MR) is 128 cm³/mol. The number of carbonyl (C=O) groups excluding carboxylic acids is 1. The van der Waals surface area contributed by atoms with Gasteiger partial charge in [-0.05, 0) is 56.2 Å². The molecule has 3 rings (SSSR count). The van der Waals surface area contributed by atoms with Crippen molar-refractivity contribution in [2.75, 3.05) is 11.4 Å². The number of carboxylic acid groups (broad SMARTS) is 2. The van der Waals surface area contributed by atoms with Gasteiger partial charge in [0.2, 0.25) is 0 Å². The number of pyridine rings is 1. The van der Waals surface area contributed by atoms with Gasteiger partial charge in [-0.1, -0.05) is 17.7 Å². The van der Waals surface area contributed by atoms with E-state index in [1.54, 1.807) is 6.07 Å². The second-order valence-corrected chi connectivity index (χ2v) is 9.02. The molecular weight excluding hydrogens is 466 g/mol. The molecule has 0 aliphatic rings. The number of aryl methyl sites for hydroxylation is 1. The number of benzene rings is 1. The molecule has 3 aromatic rings. The van der Waals surface area contributed by atoms with Crippen LogP contribution in [-0.4, -0.2) is 45.6 Å². The Bertz CT molecular complexity index is 1200. The van der Waals surface area contributed by atoms with Gasteiger partial charge >= 0.3 is 11.9 Å². The molecular formula is C23H24ClN3O5S. The van der Waals surface area contributed by atoms with E-state index in [1.165, 1.54) is 11.3 Å². The summed E-state index contributed by atoms with van der Waals surface area (Å²) in [5.74, 6) is -2.93. The Morgan fingerprint density at radius 2 is 1.94 bits per heavy atom. The average molecular weight is 490 g/mol. The Balaban J connectivity index is 1.73. The first-order valence-electron chi connectivity index (χ1n) is 10.3. The van der Waals surface area contributed by atoms with Gasteiger partial charge < -0.3 is 20.4 Å². The van der Waals surface area contributed by atoms with Crippen LogP contribution >= 0.6 is 22.9 Å². The van der Waals surface area contributed by atoms with Crippen LogP contribution in [0.2, 0.25) is 5.02 Å². The van der Waals surface area contributed by atoms with E-state index in [2.05, 4.69) is 15.2 Å². The van der Waals surface area contributed by atoms with Crippen LogP contribution in [0.4, 0.5) is 5.00 Å².